The van der Waals surface area contributed by atoms with E-state index in [0.717, 1.165) is 25.8 Å². The van der Waals surface area contributed by atoms with Gasteiger partial charge >= 0.3 is 7.75 Å². The van der Waals surface area contributed by atoms with Gasteiger partial charge < -0.3 is 0 Å². The molecule has 0 unspecified atom stereocenters. The second-order valence-corrected chi connectivity index (χ2v) is 6.36. The Morgan fingerprint density at radius 3 is 1.76 bits per heavy atom. The maximum Gasteiger partial charge on any atom is 0.408 e. The number of hydrogen-bond donors (Lipinski definition) is 0. The van der Waals surface area contributed by atoms with Crippen molar-refractivity contribution in [3.8, 4) is 0 Å². The standard InChI is InChI=1S/C12H28NO3P/c1-6-9-13(12(4)5)17(14,15-10-7-2)16-11-8-3/h12H,6-11H2,1-5H3. The van der Waals surface area contributed by atoms with Gasteiger partial charge in [0.2, 0.25) is 0 Å². The van der Waals surface area contributed by atoms with Crippen molar-refractivity contribution in [2.24, 2.45) is 0 Å². The van der Waals surface area contributed by atoms with Crippen LogP contribution in [0.25, 0.3) is 0 Å². The van der Waals surface area contributed by atoms with Crippen LogP contribution in [0.15, 0.2) is 0 Å². The van der Waals surface area contributed by atoms with Gasteiger partial charge in [-0.25, -0.2) is 9.24 Å². The first kappa shape index (κ1) is 17.1. The molecule has 0 aliphatic heterocycles. The van der Waals surface area contributed by atoms with Crippen molar-refractivity contribution < 1.29 is 13.6 Å². The van der Waals surface area contributed by atoms with Gasteiger partial charge in [-0.3, -0.25) is 9.05 Å². The first-order chi connectivity index (χ1) is 8.01. The molecule has 0 saturated carbocycles. The predicted octanol–water partition coefficient (Wildman–Crippen LogP) is 4.07. The lowest BCUT2D eigenvalue weighted by molar-refractivity contribution is 0.144. The van der Waals surface area contributed by atoms with Crippen molar-refractivity contribution in [3.05, 3.63) is 0 Å². The van der Waals surface area contributed by atoms with E-state index >= 15 is 0 Å². The highest BCUT2D eigenvalue weighted by Gasteiger charge is 2.34. The lowest BCUT2D eigenvalue weighted by atomic mass is 10.4. The zero-order valence-electron chi connectivity index (χ0n) is 11.9. The summed E-state index contributed by atoms with van der Waals surface area (Å²) in [5.41, 5.74) is 0. The van der Waals surface area contributed by atoms with Gasteiger partial charge in [0, 0.05) is 12.6 Å². The maximum atomic E-state index is 12.7. The molecule has 0 atom stereocenters. The van der Waals surface area contributed by atoms with Gasteiger partial charge in [0.25, 0.3) is 0 Å². The van der Waals surface area contributed by atoms with Crippen LogP contribution in [0.4, 0.5) is 0 Å². The molecule has 0 aliphatic rings. The minimum Gasteiger partial charge on any atom is -0.297 e. The smallest absolute Gasteiger partial charge is 0.297 e. The fourth-order valence-corrected chi connectivity index (χ4v) is 3.70. The molecule has 0 N–H and O–H groups in total. The largest absolute Gasteiger partial charge is 0.408 e. The number of rotatable bonds is 10. The Morgan fingerprint density at radius 1 is 1.00 bits per heavy atom. The fourth-order valence-electron chi connectivity index (χ4n) is 1.49. The molecule has 0 aliphatic carbocycles. The zero-order chi connectivity index (χ0) is 13.3. The molecule has 0 radical (unpaired) electrons. The first-order valence-corrected chi connectivity index (χ1v) is 8.17. The SMILES string of the molecule is CCCOP(=O)(OCCC)N(CCC)C(C)C. The third-order valence-electron chi connectivity index (χ3n) is 2.28. The Morgan fingerprint density at radius 2 is 1.47 bits per heavy atom. The Kier molecular flexibility index (Phi) is 9.15. The van der Waals surface area contributed by atoms with E-state index in [9.17, 15) is 4.57 Å². The molecule has 0 aromatic heterocycles. The van der Waals surface area contributed by atoms with Crippen LogP contribution in [-0.4, -0.2) is 30.5 Å². The average molecular weight is 265 g/mol. The quantitative estimate of drug-likeness (QED) is 0.558. The molecule has 0 rings (SSSR count). The molecule has 0 aromatic rings. The molecular formula is C12H28NO3P. The summed E-state index contributed by atoms with van der Waals surface area (Å²) in [5.74, 6) is 0. The summed E-state index contributed by atoms with van der Waals surface area (Å²) in [7, 11) is -3.10. The minimum atomic E-state index is -3.10. The Bertz CT molecular complexity index is 222. The Balaban J connectivity index is 4.75. The molecule has 0 bridgehead atoms. The van der Waals surface area contributed by atoms with Crippen molar-refractivity contribution in [2.45, 2.75) is 59.9 Å². The highest BCUT2D eigenvalue weighted by molar-refractivity contribution is 7.51. The second-order valence-electron chi connectivity index (χ2n) is 4.39. The van der Waals surface area contributed by atoms with Gasteiger partial charge in [-0.05, 0) is 33.1 Å². The summed E-state index contributed by atoms with van der Waals surface area (Å²) >= 11 is 0. The molecule has 5 heteroatoms. The lowest BCUT2D eigenvalue weighted by Gasteiger charge is -2.32. The first-order valence-electron chi connectivity index (χ1n) is 6.68. The van der Waals surface area contributed by atoms with Crippen LogP contribution in [0.2, 0.25) is 0 Å². The van der Waals surface area contributed by atoms with Crippen LogP contribution < -0.4 is 0 Å². The van der Waals surface area contributed by atoms with Crippen molar-refractivity contribution in [2.75, 3.05) is 19.8 Å². The van der Waals surface area contributed by atoms with E-state index in [1.54, 1.807) is 0 Å². The molecule has 104 valence electrons. The van der Waals surface area contributed by atoms with E-state index in [2.05, 4.69) is 6.92 Å². The molecule has 0 aromatic carbocycles. The van der Waals surface area contributed by atoms with E-state index in [1.165, 1.54) is 0 Å². The summed E-state index contributed by atoms with van der Waals surface area (Å²) in [4.78, 5) is 0. The van der Waals surface area contributed by atoms with Gasteiger partial charge in [0.15, 0.2) is 0 Å². The monoisotopic (exact) mass is 265 g/mol. The van der Waals surface area contributed by atoms with Gasteiger partial charge in [-0.1, -0.05) is 20.8 Å². The summed E-state index contributed by atoms with van der Waals surface area (Å²) < 4.78 is 25.6. The number of nitrogens with zero attached hydrogens (tertiary/aromatic N) is 1. The van der Waals surface area contributed by atoms with Crippen LogP contribution in [0.1, 0.15) is 53.9 Å². The van der Waals surface area contributed by atoms with E-state index in [-0.39, 0.29) is 6.04 Å². The van der Waals surface area contributed by atoms with E-state index in [0.29, 0.717) is 13.2 Å². The minimum absolute atomic E-state index is 0.162. The molecule has 4 nitrogen and oxygen atoms in total. The molecule has 0 fully saturated rings. The summed E-state index contributed by atoms with van der Waals surface area (Å²) in [6.07, 6.45) is 2.63. The van der Waals surface area contributed by atoms with E-state index < -0.39 is 7.75 Å². The summed E-state index contributed by atoms with van der Waals surface area (Å²) in [5, 5.41) is 0. The van der Waals surface area contributed by atoms with Gasteiger partial charge in [-0.2, -0.15) is 0 Å². The Labute approximate surface area is 106 Å². The molecule has 0 heterocycles. The highest BCUT2D eigenvalue weighted by Crippen LogP contribution is 2.53. The lowest BCUT2D eigenvalue weighted by Crippen LogP contribution is -2.30. The van der Waals surface area contributed by atoms with Crippen LogP contribution in [0.5, 0.6) is 0 Å². The molecule has 17 heavy (non-hydrogen) atoms. The maximum absolute atomic E-state index is 12.7. The summed E-state index contributed by atoms with van der Waals surface area (Å²) in [6.45, 7) is 11.8. The van der Waals surface area contributed by atoms with Gasteiger partial charge in [0.1, 0.15) is 0 Å². The third-order valence-corrected chi connectivity index (χ3v) is 4.59. The third kappa shape index (κ3) is 6.01. The van der Waals surface area contributed by atoms with Crippen molar-refractivity contribution in [3.63, 3.8) is 0 Å². The van der Waals surface area contributed by atoms with E-state index in [4.69, 9.17) is 9.05 Å². The van der Waals surface area contributed by atoms with Crippen molar-refractivity contribution in [1.82, 2.24) is 4.67 Å². The summed E-state index contributed by atoms with van der Waals surface area (Å²) in [6, 6.07) is 0.162. The molecule has 0 spiro atoms. The van der Waals surface area contributed by atoms with Crippen molar-refractivity contribution in [1.29, 1.82) is 0 Å². The zero-order valence-corrected chi connectivity index (χ0v) is 12.8. The van der Waals surface area contributed by atoms with Crippen LogP contribution >= 0.6 is 7.75 Å². The van der Waals surface area contributed by atoms with Crippen LogP contribution in [0.3, 0.4) is 0 Å². The number of hydrogen-bond acceptors (Lipinski definition) is 3. The topological polar surface area (TPSA) is 38.8 Å². The molecule has 0 saturated heterocycles. The second kappa shape index (κ2) is 9.09. The van der Waals surface area contributed by atoms with E-state index in [1.807, 2.05) is 32.4 Å². The van der Waals surface area contributed by atoms with Crippen LogP contribution in [-0.2, 0) is 13.6 Å². The van der Waals surface area contributed by atoms with Crippen molar-refractivity contribution >= 4 is 7.75 Å². The normalized spacial score (nSPS) is 12.6. The van der Waals surface area contributed by atoms with Crippen LogP contribution in [0, 0.1) is 0 Å². The fraction of sp³-hybridized carbons (Fsp3) is 1.00. The Hall–Kier alpha value is 0.110. The predicted molar refractivity (Wildman–Crippen MR) is 72.2 cm³/mol. The highest BCUT2D eigenvalue weighted by atomic mass is 31.2. The van der Waals surface area contributed by atoms with Gasteiger partial charge in [0.05, 0.1) is 13.2 Å². The van der Waals surface area contributed by atoms with Gasteiger partial charge in [-0.15, -0.1) is 0 Å². The average Bonchev–Trinajstić information content (AvgIpc) is 2.30. The molecule has 0 amide bonds. The molecular weight excluding hydrogens is 237 g/mol.